The highest BCUT2D eigenvalue weighted by atomic mass is 16.1. The Morgan fingerprint density at radius 1 is 1.07 bits per heavy atom. The molecular weight excluding hydrogens is 366 g/mol. The third kappa shape index (κ3) is 4.37. The van der Waals surface area contributed by atoms with Crippen LogP contribution in [0, 0.1) is 13.8 Å². The fraction of sp³-hybridized carbons (Fsp3) is 0.429. The summed E-state index contributed by atoms with van der Waals surface area (Å²) in [5.74, 6) is 1.59. The lowest BCUT2D eigenvalue weighted by atomic mass is 10.1. The Labute approximate surface area is 170 Å². The normalized spacial score (nSPS) is 15.1. The van der Waals surface area contributed by atoms with E-state index >= 15 is 0 Å². The first-order valence-electron chi connectivity index (χ1n) is 10.0. The molecule has 1 aromatic carbocycles. The van der Waals surface area contributed by atoms with Crippen LogP contribution in [0.1, 0.15) is 23.4 Å². The Morgan fingerprint density at radius 3 is 2.66 bits per heavy atom. The highest BCUT2D eigenvalue weighted by Gasteiger charge is 2.17. The molecule has 8 heteroatoms. The lowest BCUT2D eigenvalue weighted by molar-refractivity contribution is -0.116. The van der Waals surface area contributed by atoms with Crippen molar-refractivity contribution in [2.24, 2.45) is 0 Å². The van der Waals surface area contributed by atoms with Gasteiger partial charge in [-0.1, -0.05) is 12.1 Å². The number of hydrogen-bond donors (Lipinski definition) is 1. The average Bonchev–Trinajstić information content (AvgIpc) is 3.12. The molecule has 1 aliphatic rings. The molecule has 2 aromatic heterocycles. The van der Waals surface area contributed by atoms with Gasteiger partial charge in [-0.05, 0) is 50.2 Å². The lowest BCUT2D eigenvalue weighted by Crippen LogP contribution is -2.45. The average molecular weight is 393 g/mol. The van der Waals surface area contributed by atoms with Crippen LogP contribution in [0.5, 0.6) is 0 Å². The number of fused-ring (bicyclic) bond motifs is 1. The van der Waals surface area contributed by atoms with Gasteiger partial charge in [-0.2, -0.15) is 4.52 Å². The number of nitrogens with one attached hydrogen (secondary N) is 1. The fourth-order valence-corrected chi connectivity index (χ4v) is 3.49. The van der Waals surface area contributed by atoms with Crippen molar-refractivity contribution in [1.29, 1.82) is 0 Å². The summed E-state index contributed by atoms with van der Waals surface area (Å²) in [5, 5.41) is 16.2. The van der Waals surface area contributed by atoms with Crippen molar-refractivity contribution in [3.8, 4) is 0 Å². The molecule has 1 aliphatic heterocycles. The van der Waals surface area contributed by atoms with Gasteiger partial charge in [0.05, 0.1) is 0 Å². The SMILES string of the molecule is Cc1ccc(C)c(NC(=O)CCc2nnc3ccc(N4CCN(C)CC4)nn23)c1. The molecule has 1 fully saturated rings. The predicted molar refractivity (Wildman–Crippen MR) is 113 cm³/mol. The second kappa shape index (κ2) is 8.16. The van der Waals surface area contributed by atoms with E-state index in [9.17, 15) is 4.79 Å². The summed E-state index contributed by atoms with van der Waals surface area (Å²) in [4.78, 5) is 17.0. The number of rotatable bonds is 5. The van der Waals surface area contributed by atoms with Gasteiger partial charge >= 0.3 is 0 Å². The molecule has 152 valence electrons. The van der Waals surface area contributed by atoms with Crippen LogP contribution < -0.4 is 10.2 Å². The second-order valence-corrected chi connectivity index (χ2v) is 7.73. The molecule has 4 rings (SSSR count). The molecule has 0 saturated carbocycles. The van der Waals surface area contributed by atoms with Crippen molar-refractivity contribution in [3.05, 3.63) is 47.3 Å². The van der Waals surface area contributed by atoms with E-state index in [-0.39, 0.29) is 5.91 Å². The number of amides is 1. The van der Waals surface area contributed by atoms with Crippen molar-refractivity contribution >= 4 is 23.1 Å². The number of aromatic nitrogens is 4. The molecule has 3 aromatic rings. The van der Waals surface area contributed by atoms with Crippen molar-refractivity contribution in [1.82, 2.24) is 24.7 Å². The third-order valence-corrected chi connectivity index (χ3v) is 5.38. The Morgan fingerprint density at radius 2 is 1.86 bits per heavy atom. The maximum Gasteiger partial charge on any atom is 0.224 e. The van der Waals surface area contributed by atoms with Crippen molar-refractivity contribution in [2.45, 2.75) is 26.7 Å². The van der Waals surface area contributed by atoms with Crippen LogP contribution in [-0.2, 0) is 11.2 Å². The zero-order valence-corrected chi connectivity index (χ0v) is 17.2. The number of carbonyl (C=O) groups excluding carboxylic acids is 1. The Bertz CT molecular complexity index is 1020. The molecule has 3 heterocycles. The van der Waals surface area contributed by atoms with E-state index in [1.165, 1.54) is 0 Å². The first kappa shape index (κ1) is 19.3. The number of hydrogen-bond acceptors (Lipinski definition) is 6. The molecule has 1 amide bonds. The minimum Gasteiger partial charge on any atom is -0.353 e. The van der Waals surface area contributed by atoms with E-state index in [1.54, 1.807) is 4.52 Å². The van der Waals surface area contributed by atoms with Crippen LogP contribution in [0.25, 0.3) is 5.65 Å². The van der Waals surface area contributed by atoms with Crippen LogP contribution in [0.2, 0.25) is 0 Å². The number of likely N-dealkylation sites (N-methyl/N-ethyl adjacent to an activating group) is 1. The topological polar surface area (TPSA) is 78.7 Å². The summed E-state index contributed by atoms with van der Waals surface area (Å²) < 4.78 is 1.76. The van der Waals surface area contributed by atoms with E-state index in [0.717, 1.165) is 48.8 Å². The van der Waals surface area contributed by atoms with E-state index in [1.807, 2.05) is 44.2 Å². The molecule has 0 radical (unpaired) electrons. The summed E-state index contributed by atoms with van der Waals surface area (Å²) in [7, 11) is 2.13. The predicted octanol–water partition coefficient (Wildman–Crippen LogP) is 2.06. The van der Waals surface area contributed by atoms with E-state index in [2.05, 4.69) is 32.4 Å². The van der Waals surface area contributed by atoms with Gasteiger partial charge in [-0.15, -0.1) is 15.3 Å². The Balaban J connectivity index is 1.44. The van der Waals surface area contributed by atoms with Gasteiger partial charge in [0.15, 0.2) is 11.5 Å². The van der Waals surface area contributed by atoms with Gasteiger partial charge in [0, 0.05) is 44.7 Å². The molecule has 1 saturated heterocycles. The van der Waals surface area contributed by atoms with Gasteiger partial charge < -0.3 is 15.1 Å². The standard InChI is InChI=1S/C21H27N7O/c1-15-4-5-16(2)17(14-15)22-21(29)9-8-19-24-23-18-6-7-20(25-28(18)19)27-12-10-26(3)11-13-27/h4-7,14H,8-13H2,1-3H3,(H,22,29). The summed E-state index contributed by atoms with van der Waals surface area (Å²) in [6.07, 6.45) is 0.811. The molecule has 0 spiro atoms. The lowest BCUT2D eigenvalue weighted by Gasteiger charge is -2.33. The van der Waals surface area contributed by atoms with Crippen molar-refractivity contribution in [3.63, 3.8) is 0 Å². The van der Waals surface area contributed by atoms with E-state index in [4.69, 9.17) is 5.10 Å². The number of piperazine rings is 1. The zero-order valence-electron chi connectivity index (χ0n) is 17.2. The number of anilines is 2. The molecule has 0 aliphatic carbocycles. The summed E-state index contributed by atoms with van der Waals surface area (Å²) >= 11 is 0. The number of carbonyl (C=O) groups is 1. The highest BCUT2D eigenvalue weighted by molar-refractivity contribution is 5.91. The monoisotopic (exact) mass is 393 g/mol. The second-order valence-electron chi connectivity index (χ2n) is 7.73. The third-order valence-electron chi connectivity index (χ3n) is 5.38. The minimum absolute atomic E-state index is 0.0364. The highest BCUT2D eigenvalue weighted by Crippen LogP contribution is 2.18. The van der Waals surface area contributed by atoms with Crippen LogP contribution in [0.4, 0.5) is 11.5 Å². The molecule has 0 atom stereocenters. The fourth-order valence-electron chi connectivity index (χ4n) is 3.49. The largest absolute Gasteiger partial charge is 0.353 e. The number of aryl methyl sites for hydroxylation is 3. The van der Waals surface area contributed by atoms with Gasteiger partial charge in [0.1, 0.15) is 5.82 Å². The minimum atomic E-state index is -0.0364. The molecule has 0 bridgehead atoms. The van der Waals surface area contributed by atoms with Gasteiger partial charge in [0.25, 0.3) is 0 Å². The van der Waals surface area contributed by atoms with Crippen LogP contribution in [0.15, 0.2) is 30.3 Å². The molecule has 29 heavy (non-hydrogen) atoms. The number of nitrogens with zero attached hydrogens (tertiary/aromatic N) is 6. The molecule has 1 N–H and O–H groups in total. The van der Waals surface area contributed by atoms with Crippen LogP contribution in [0.3, 0.4) is 0 Å². The van der Waals surface area contributed by atoms with Crippen molar-refractivity contribution in [2.75, 3.05) is 43.4 Å². The molecule has 0 unspecified atom stereocenters. The first-order chi connectivity index (χ1) is 14.0. The summed E-state index contributed by atoms with van der Waals surface area (Å²) in [5.41, 5.74) is 3.73. The van der Waals surface area contributed by atoms with Crippen LogP contribution in [-0.4, -0.2) is 63.8 Å². The van der Waals surface area contributed by atoms with Gasteiger partial charge in [-0.25, -0.2) is 0 Å². The first-order valence-corrected chi connectivity index (χ1v) is 10.0. The Kier molecular flexibility index (Phi) is 5.44. The summed E-state index contributed by atoms with van der Waals surface area (Å²) in [6.45, 7) is 7.95. The quantitative estimate of drug-likeness (QED) is 0.715. The molecule has 8 nitrogen and oxygen atoms in total. The van der Waals surface area contributed by atoms with Gasteiger partial charge in [0.2, 0.25) is 5.91 Å². The Hall–Kier alpha value is -3.00. The maximum atomic E-state index is 12.5. The van der Waals surface area contributed by atoms with Gasteiger partial charge in [-0.3, -0.25) is 4.79 Å². The van der Waals surface area contributed by atoms with E-state index in [0.29, 0.717) is 24.3 Å². The smallest absolute Gasteiger partial charge is 0.224 e. The zero-order chi connectivity index (χ0) is 20.4. The molecular formula is C21H27N7O. The van der Waals surface area contributed by atoms with E-state index < -0.39 is 0 Å². The summed E-state index contributed by atoms with van der Waals surface area (Å²) in [6, 6.07) is 9.97. The van der Waals surface area contributed by atoms with Crippen LogP contribution >= 0.6 is 0 Å². The van der Waals surface area contributed by atoms with Crippen molar-refractivity contribution < 1.29 is 4.79 Å². The maximum absolute atomic E-state index is 12.5. The number of benzene rings is 1.